The molecule has 0 radical (unpaired) electrons. The molecule has 0 unspecified atom stereocenters. The van der Waals surface area contributed by atoms with Gasteiger partial charge in [0, 0.05) is 29.8 Å². The van der Waals surface area contributed by atoms with Crippen LogP contribution in [0.1, 0.15) is 23.3 Å². The molecule has 112 valence electrons. The maximum atomic E-state index is 5.99. The molecule has 0 aliphatic carbocycles. The van der Waals surface area contributed by atoms with Gasteiger partial charge in [0.15, 0.2) is 0 Å². The molecule has 1 aliphatic heterocycles. The lowest BCUT2D eigenvalue weighted by molar-refractivity contribution is 0.572. The normalized spacial score (nSPS) is 17.0. The van der Waals surface area contributed by atoms with Crippen LogP contribution in [0.3, 0.4) is 0 Å². The highest BCUT2D eigenvalue weighted by atomic mass is 16.3. The van der Waals surface area contributed by atoms with E-state index in [4.69, 9.17) is 4.42 Å². The summed E-state index contributed by atoms with van der Waals surface area (Å²) in [6.45, 7) is 10.1. The van der Waals surface area contributed by atoms with Crippen LogP contribution in [0.4, 0.5) is 5.69 Å². The Morgan fingerprint density at radius 3 is 2.86 bits per heavy atom. The number of fused-ring (bicyclic) bond motifs is 3. The van der Waals surface area contributed by atoms with Crippen LogP contribution >= 0.6 is 0 Å². The summed E-state index contributed by atoms with van der Waals surface area (Å²) >= 11 is 0. The monoisotopic (exact) mass is 291 g/mol. The molecule has 0 saturated carbocycles. The molecular formula is C20H21NO. The molecule has 0 amide bonds. The summed E-state index contributed by atoms with van der Waals surface area (Å²) in [6.07, 6.45) is 12.0. The molecule has 3 rings (SSSR count). The van der Waals surface area contributed by atoms with Gasteiger partial charge < -0.3 is 9.32 Å². The lowest BCUT2D eigenvalue weighted by Gasteiger charge is -2.22. The Labute approximate surface area is 131 Å². The third-order valence-corrected chi connectivity index (χ3v) is 4.14. The Hall–Kier alpha value is -2.48. The number of hydrogen-bond donors (Lipinski definition) is 0. The van der Waals surface area contributed by atoms with Crippen LogP contribution < -0.4 is 4.90 Å². The van der Waals surface area contributed by atoms with Crippen molar-refractivity contribution >= 4 is 22.2 Å². The van der Waals surface area contributed by atoms with Crippen LogP contribution in [0.25, 0.3) is 16.5 Å². The van der Waals surface area contributed by atoms with Crippen molar-refractivity contribution in [3.05, 3.63) is 72.7 Å². The quantitative estimate of drug-likeness (QED) is 0.705. The van der Waals surface area contributed by atoms with Crippen molar-refractivity contribution < 1.29 is 4.42 Å². The van der Waals surface area contributed by atoms with Crippen LogP contribution in [0.5, 0.6) is 0 Å². The first-order valence-electron chi connectivity index (χ1n) is 7.56. The molecule has 0 N–H and O–H groups in total. The Kier molecular flexibility index (Phi) is 3.76. The van der Waals surface area contributed by atoms with Gasteiger partial charge in [0.05, 0.1) is 5.69 Å². The van der Waals surface area contributed by atoms with Gasteiger partial charge in [0.25, 0.3) is 0 Å². The molecule has 2 heteroatoms. The van der Waals surface area contributed by atoms with Gasteiger partial charge in [0.1, 0.15) is 11.3 Å². The molecular weight excluding hydrogens is 270 g/mol. The van der Waals surface area contributed by atoms with Crippen molar-refractivity contribution in [3.8, 4) is 0 Å². The Balaban J connectivity index is 2.33. The smallest absolute Gasteiger partial charge is 0.136 e. The van der Waals surface area contributed by atoms with Gasteiger partial charge in [-0.25, -0.2) is 0 Å². The van der Waals surface area contributed by atoms with Crippen LogP contribution in [0.15, 0.2) is 60.2 Å². The Morgan fingerprint density at radius 2 is 2.09 bits per heavy atom. The summed E-state index contributed by atoms with van der Waals surface area (Å²) in [7, 11) is 2.07. The maximum Gasteiger partial charge on any atom is 0.136 e. The molecule has 1 aromatic heterocycles. The highest BCUT2D eigenvalue weighted by molar-refractivity contribution is 6.02. The van der Waals surface area contributed by atoms with Gasteiger partial charge in [-0.15, -0.1) is 6.58 Å². The van der Waals surface area contributed by atoms with Crippen molar-refractivity contribution in [2.24, 2.45) is 0 Å². The fourth-order valence-electron chi connectivity index (χ4n) is 3.04. The van der Waals surface area contributed by atoms with Crippen molar-refractivity contribution in [1.82, 2.24) is 0 Å². The van der Waals surface area contributed by atoms with E-state index in [0.29, 0.717) is 0 Å². The first kappa shape index (κ1) is 14.5. The number of anilines is 1. The Bertz CT molecular complexity index is 805. The molecule has 2 aromatic rings. The first-order valence-corrected chi connectivity index (χ1v) is 7.56. The fourth-order valence-corrected chi connectivity index (χ4v) is 3.04. The molecule has 2 nitrogen and oxygen atoms in total. The molecule has 0 atom stereocenters. The van der Waals surface area contributed by atoms with E-state index in [0.717, 1.165) is 35.3 Å². The minimum absolute atomic E-state index is 0.938. The van der Waals surface area contributed by atoms with E-state index in [2.05, 4.69) is 43.4 Å². The molecule has 22 heavy (non-hydrogen) atoms. The summed E-state index contributed by atoms with van der Waals surface area (Å²) in [6, 6.07) is 4.15. The van der Waals surface area contributed by atoms with E-state index in [1.807, 2.05) is 31.2 Å². The minimum Gasteiger partial charge on any atom is -0.461 e. The van der Waals surface area contributed by atoms with Gasteiger partial charge in [-0.2, -0.15) is 0 Å². The molecule has 2 heterocycles. The minimum atomic E-state index is 0.938. The zero-order chi connectivity index (χ0) is 15.7. The number of hydrogen-bond acceptors (Lipinski definition) is 2. The average Bonchev–Trinajstić information content (AvgIpc) is 2.82. The van der Waals surface area contributed by atoms with E-state index in [-0.39, 0.29) is 0 Å². The van der Waals surface area contributed by atoms with Gasteiger partial charge in [-0.3, -0.25) is 0 Å². The second-order valence-corrected chi connectivity index (χ2v) is 5.64. The van der Waals surface area contributed by atoms with Crippen molar-refractivity contribution in [2.75, 3.05) is 11.9 Å². The summed E-state index contributed by atoms with van der Waals surface area (Å²) in [5.74, 6) is 0.992. The summed E-state index contributed by atoms with van der Waals surface area (Å²) in [5.41, 5.74) is 5.54. The van der Waals surface area contributed by atoms with Crippen molar-refractivity contribution in [1.29, 1.82) is 0 Å². The van der Waals surface area contributed by atoms with Crippen molar-refractivity contribution in [3.63, 3.8) is 0 Å². The van der Waals surface area contributed by atoms with Crippen molar-refractivity contribution in [2.45, 2.75) is 19.8 Å². The summed E-state index contributed by atoms with van der Waals surface area (Å²) in [5, 5.41) is 1.19. The fraction of sp³-hybridized carbons (Fsp3) is 0.200. The molecule has 1 aliphatic rings. The Morgan fingerprint density at radius 1 is 1.27 bits per heavy atom. The zero-order valence-corrected chi connectivity index (χ0v) is 13.2. The number of aryl methyl sites for hydroxylation is 2. The second kappa shape index (κ2) is 5.72. The third kappa shape index (κ3) is 2.31. The number of furan rings is 1. The van der Waals surface area contributed by atoms with Gasteiger partial charge >= 0.3 is 0 Å². The molecule has 0 bridgehead atoms. The third-order valence-electron chi connectivity index (χ3n) is 4.14. The van der Waals surface area contributed by atoms with Gasteiger partial charge in [-0.1, -0.05) is 24.8 Å². The predicted molar refractivity (Wildman–Crippen MR) is 95.2 cm³/mol. The van der Waals surface area contributed by atoms with E-state index >= 15 is 0 Å². The number of nitrogens with zero attached hydrogens (tertiary/aromatic N) is 1. The molecule has 1 aromatic carbocycles. The average molecular weight is 291 g/mol. The SMILES string of the molecule is C=CCCc1c(C)oc2ccc3c(c12)N(C)/C=C\C=C/C3=C. The predicted octanol–water partition coefficient (Wildman–Crippen LogP) is 5.39. The number of rotatable bonds is 3. The van der Waals surface area contributed by atoms with E-state index in [9.17, 15) is 0 Å². The lowest BCUT2D eigenvalue weighted by atomic mass is 9.96. The molecule has 0 fully saturated rings. The highest BCUT2D eigenvalue weighted by Gasteiger charge is 2.20. The van der Waals surface area contributed by atoms with Crippen LogP contribution in [0, 0.1) is 6.92 Å². The molecule has 0 spiro atoms. The van der Waals surface area contributed by atoms with E-state index in [1.165, 1.54) is 16.6 Å². The number of allylic oxidation sites excluding steroid dienone is 5. The highest BCUT2D eigenvalue weighted by Crippen LogP contribution is 2.40. The topological polar surface area (TPSA) is 16.4 Å². The standard InChI is InChI=1S/C20H21NO/c1-5-6-10-17-15(3)22-18-12-11-16-14(2)9-7-8-13-21(4)20(16)19(17)18/h5,7-9,11-13H,1-2,6,10H2,3-4H3/b9-7-,13-8-. The maximum absolute atomic E-state index is 5.99. The first-order chi connectivity index (χ1) is 10.6. The van der Waals surface area contributed by atoms with Crippen LogP contribution in [0.2, 0.25) is 0 Å². The largest absolute Gasteiger partial charge is 0.461 e. The van der Waals surface area contributed by atoms with E-state index < -0.39 is 0 Å². The summed E-state index contributed by atoms with van der Waals surface area (Å²) in [4.78, 5) is 2.15. The number of benzene rings is 1. The van der Waals surface area contributed by atoms with Gasteiger partial charge in [-0.05, 0) is 43.5 Å². The van der Waals surface area contributed by atoms with Crippen LogP contribution in [-0.4, -0.2) is 7.05 Å². The summed E-state index contributed by atoms with van der Waals surface area (Å²) < 4.78 is 5.99. The zero-order valence-electron chi connectivity index (χ0n) is 13.2. The molecule has 0 saturated heterocycles. The second-order valence-electron chi connectivity index (χ2n) is 5.64. The lowest BCUT2D eigenvalue weighted by Crippen LogP contribution is -2.11. The van der Waals surface area contributed by atoms with E-state index in [1.54, 1.807) is 0 Å². The van der Waals surface area contributed by atoms with Crippen LogP contribution in [-0.2, 0) is 6.42 Å². The van der Waals surface area contributed by atoms with Gasteiger partial charge in [0.2, 0.25) is 0 Å².